The van der Waals surface area contributed by atoms with E-state index in [1.165, 1.54) is 7.11 Å². The lowest BCUT2D eigenvalue weighted by molar-refractivity contribution is -0.149. The van der Waals surface area contributed by atoms with E-state index in [0.29, 0.717) is 35.1 Å². The molecule has 1 aliphatic carbocycles. The van der Waals surface area contributed by atoms with E-state index >= 15 is 0 Å². The van der Waals surface area contributed by atoms with Gasteiger partial charge in [0.1, 0.15) is 11.3 Å². The molecular formula is C20H23NO6. The van der Waals surface area contributed by atoms with Crippen molar-refractivity contribution in [3.8, 4) is 5.75 Å². The fourth-order valence-corrected chi connectivity index (χ4v) is 3.31. The smallest absolute Gasteiger partial charge is 0.339 e. The van der Waals surface area contributed by atoms with Gasteiger partial charge in [-0.15, -0.1) is 0 Å². The zero-order chi connectivity index (χ0) is 19.7. The summed E-state index contributed by atoms with van der Waals surface area (Å²) in [5.41, 5.74) is 2.22. The van der Waals surface area contributed by atoms with Crippen LogP contribution in [0, 0.1) is 26.7 Å². The van der Waals surface area contributed by atoms with Gasteiger partial charge in [0.15, 0.2) is 6.61 Å². The number of amides is 1. The lowest BCUT2D eigenvalue weighted by Gasteiger charge is -2.33. The highest BCUT2D eigenvalue weighted by molar-refractivity contribution is 5.88. The first-order chi connectivity index (χ1) is 12.8. The molecule has 2 aromatic rings. The predicted molar refractivity (Wildman–Crippen MR) is 98.9 cm³/mol. The molecule has 0 unspecified atom stereocenters. The second kappa shape index (κ2) is 7.42. The van der Waals surface area contributed by atoms with Crippen LogP contribution in [0.2, 0.25) is 0 Å². The van der Waals surface area contributed by atoms with Gasteiger partial charge in [-0.3, -0.25) is 9.59 Å². The zero-order valence-electron chi connectivity index (χ0n) is 15.9. The van der Waals surface area contributed by atoms with Crippen molar-refractivity contribution in [1.82, 2.24) is 5.32 Å². The van der Waals surface area contributed by atoms with Gasteiger partial charge in [0.25, 0.3) is 5.91 Å². The summed E-state index contributed by atoms with van der Waals surface area (Å²) in [4.78, 5) is 35.4. The Morgan fingerprint density at radius 1 is 1.19 bits per heavy atom. The summed E-state index contributed by atoms with van der Waals surface area (Å²) in [5, 5.41) is 3.54. The first-order valence-electron chi connectivity index (χ1n) is 8.84. The molecule has 0 bridgehead atoms. The number of aryl methyl sites for hydroxylation is 2. The van der Waals surface area contributed by atoms with E-state index in [0.717, 1.165) is 11.1 Å². The van der Waals surface area contributed by atoms with Gasteiger partial charge >= 0.3 is 11.6 Å². The van der Waals surface area contributed by atoms with E-state index in [9.17, 15) is 14.4 Å². The number of nitrogens with one attached hydrogen (secondary N) is 1. The Morgan fingerprint density at radius 3 is 2.56 bits per heavy atom. The molecule has 27 heavy (non-hydrogen) atoms. The fourth-order valence-electron chi connectivity index (χ4n) is 3.31. The molecule has 0 saturated heterocycles. The summed E-state index contributed by atoms with van der Waals surface area (Å²) in [7, 11) is 1.36. The average molecular weight is 373 g/mol. The highest BCUT2D eigenvalue weighted by Gasteiger charge is 2.36. The number of esters is 1. The van der Waals surface area contributed by atoms with Crippen LogP contribution in [0.15, 0.2) is 21.3 Å². The van der Waals surface area contributed by atoms with Crippen molar-refractivity contribution in [3.05, 3.63) is 39.2 Å². The Bertz CT molecular complexity index is 955. The third kappa shape index (κ3) is 3.82. The molecule has 0 radical (unpaired) electrons. The maximum absolute atomic E-state index is 12.2. The summed E-state index contributed by atoms with van der Waals surface area (Å²) in [5.74, 6) is -0.138. The van der Waals surface area contributed by atoms with Crippen LogP contribution >= 0.6 is 0 Å². The minimum absolute atomic E-state index is 0.0403. The largest absolute Gasteiger partial charge is 0.483 e. The Labute approximate surface area is 156 Å². The van der Waals surface area contributed by atoms with E-state index in [4.69, 9.17) is 9.15 Å². The molecule has 0 aliphatic heterocycles. The molecule has 0 atom stereocenters. The van der Waals surface area contributed by atoms with Gasteiger partial charge in [-0.1, -0.05) is 0 Å². The van der Waals surface area contributed by atoms with E-state index in [-0.39, 0.29) is 36.1 Å². The van der Waals surface area contributed by atoms with Crippen molar-refractivity contribution < 1.29 is 23.5 Å². The summed E-state index contributed by atoms with van der Waals surface area (Å²) in [6, 6.07) is 3.55. The second-order valence-corrected chi connectivity index (χ2v) is 7.02. The van der Waals surface area contributed by atoms with Crippen LogP contribution < -0.4 is 15.7 Å². The topological polar surface area (TPSA) is 94.8 Å². The van der Waals surface area contributed by atoms with Crippen LogP contribution in [0.25, 0.3) is 11.0 Å². The lowest BCUT2D eigenvalue weighted by Crippen LogP contribution is -2.48. The first kappa shape index (κ1) is 18.9. The van der Waals surface area contributed by atoms with Crippen molar-refractivity contribution in [2.75, 3.05) is 13.7 Å². The Morgan fingerprint density at radius 2 is 1.89 bits per heavy atom. The maximum Gasteiger partial charge on any atom is 0.339 e. The molecule has 1 amide bonds. The molecule has 0 spiro atoms. The quantitative estimate of drug-likeness (QED) is 0.638. The number of carbonyl (C=O) groups is 2. The molecule has 1 aromatic carbocycles. The number of methoxy groups -OCH3 is 1. The molecular weight excluding hydrogens is 350 g/mol. The number of rotatable bonds is 5. The van der Waals surface area contributed by atoms with Crippen molar-refractivity contribution in [3.63, 3.8) is 0 Å². The van der Waals surface area contributed by atoms with Gasteiger partial charge < -0.3 is 19.2 Å². The van der Waals surface area contributed by atoms with E-state index in [1.54, 1.807) is 13.0 Å². The van der Waals surface area contributed by atoms with Crippen LogP contribution in [0.5, 0.6) is 5.75 Å². The van der Waals surface area contributed by atoms with Crippen LogP contribution in [-0.2, 0) is 14.3 Å². The Kier molecular flexibility index (Phi) is 5.21. The number of benzene rings is 1. The number of carbonyl (C=O) groups excluding carboxylic acids is 2. The van der Waals surface area contributed by atoms with E-state index in [2.05, 4.69) is 10.1 Å². The van der Waals surface area contributed by atoms with Gasteiger partial charge in [0.2, 0.25) is 0 Å². The minimum Gasteiger partial charge on any atom is -0.483 e. The number of hydrogen-bond acceptors (Lipinski definition) is 6. The molecule has 1 N–H and O–H groups in total. The van der Waals surface area contributed by atoms with Gasteiger partial charge in [0.05, 0.1) is 18.4 Å². The summed E-state index contributed by atoms with van der Waals surface area (Å²) in [6.07, 6.45) is 1.16. The van der Waals surface area contributed by atoms with Gasteiger partial charge in [-0.05, 0) is 56.9 Å². The zero-order valence-corrected chi connectivity index (χ0v) is 15.9. The fraction of sp³-hybridized carbons (Fsp3) is 0.450. The van der Waals surface area contributed by atoms with E-state index in [1.807, 2.05) is 19.9 Å². The van der Waals surface area contributed by atoms with E-state index < -0.39 is 0 Å². The third-order valence-corrected chi connectivity index (χ3v) is 5.05. The molecule has 1 aromatic heterocycles. The van der Waals surface area contributed by atoms with Crippen molar-refractivity contribution in [1.29, 1.82) is 0 Å². The third-order valence-electron chi connectivity index (χ3n) is 5.05. The first-order valence-corrected chi connectivity index (χ1v) is 8.84. The number of ether oxygens (including phenoxy) is 2. The summed E-state index contributed by atoms with van der Waals surface area (Å²) in [6.45, 7) is 5.24. The predicted octanol–water partition coefficient (Wildman–Crippen LogP) is 2.16. The average Bonchev–Trinajstić information content (AvgIpc) is 2.59. The van der Waals surface area contributed by atoms with Crippen LogP contribution in [0.3, 0.4) is 0 Å². The van der Waals surface area contributed by atoms with Crippen LogP contribution in [0.4, 0.5) is 0 Å². The van der Waals surface area contributed by atoms with Crippen molar-refractivity contribution in [2.24, 2.45) is 5.92 Å². The SMILES string of the molecule is COC(=O)C1CC(NC(=O)COc2cc(C)cc3oc(=O)c(C)c(C)c23)C1. The Hall–Kier alpha value is -2.83. The van der Waals surface area contributed by atoms with Crippen molar-refractivity contribution >= 4 is 22.8 Å². The Balaban J connectivity index is 1.69. The van der Waals surface area contributed by atoms with Crippen molar-refractivity contribution in [2.45, 2.75) is 39.7 Å². The van der Waals surface area contributed by atoms with Crippen LogP contribution in [0.1, 0.15) is 29.5 Å². The highest BCUT2D eigenvalue weighted by Crippen LogP contribution is 2.31. The highest BCUT2D eigenvalue weighted by atomic mass is 16.5. The molecule has 144 valence electrons. The van der Waals surface area contributed by atoms with Gasteiger partial charge in [-0.2, -0.15) is 0 Å². The molecule has 1 saturated carbocycles. The molecule has 7 heteroatoms. The minimum atomic E-state index is -0.376. The number of hydrogen-bond donors (Lipinski definition) is 1. The summed E-state index contributed by atoms with van der Waals surface area (Å²) < 4.78 is 15.8. The summed E-state index contributed by atoms with van der Waals surface area (Å²) >= 11 is 0. The molecule has 1 fully saturated rings. The monoisotopic (exact) mass is 373 g/mol. The van der Waals surface area contributed by atoms with Gasteiger partial charge in [-0.25, -0.2) is 4.79 Å². The molecule has 1 heterocycles. The lowest BCUT2D eigenvalue weighted by atomic mass is 9.80. The van der Waals surface area contributed by atoms with Crippen LogP contribution in [-0.4, -0.2) is 31.6 Å². The molecule has 1 aliphatic rings. The maximum atomic E-state index is 12.2. The second-order valence-electron chi connectivity index (χ2n) is 7.02. The normalized spacial score (nSPS) is 18.7. The molecule has 3 rings (SSSR count). The number of fused-ring (bicyclic) bond motifs is 1. The standard InChI is InChI=1S/C20H23NO6/c1-10-5-15(18-11(2)12(3)19(23)27-16(18)6-10)26-9-17(22)21-14-7-13(8-14)20(24)25-4/h5-6,13-14H,7-9H2,1-4H3,(H,21,22). The molecule has 7 nitrogen and oxygen atoms in total. The van der Waals surface area contributed by atoms with Gasteiger partial charge in [0, 0.05) is 11.6 Å².